The molecule has 0 unspecified atom stereocenters. The Labute approximate surface area is 153 Å². The van der Waals surface area contributed by atoms with Crippen molar-refractivity contribution in [1.82, 2.24) is 0 Å². The zero-order chi connectivity index (χ0) is 21.1. The molecule has 0 saturated heterocycles. The fourth-order valence-electron chi connectivity index (χ4n) is 2.13. The summed E-state index contributed by atoms with van der Waals surface area (Å²) in [6.45, 7) is 1.98. The smallest absolute Gasteiger partial charge is 0.196 e. The summed E-state index contributed by atoms with van der Waals surface area (Å²) in [5, 5.41) is 0. The minimum Gasteiger partial charge on any atom is -0.196 e. The number of benzene rings is 1. The van der Waals surface area contributed by atoms with E-state index >= 15 is 0 Å². The van der Waals surface area contributed by atoms with Gasteiger partial charge < -0.3 is 0 Å². The van der Waals surface area contributed by atoms with Crippen molar-refractivity contribution in [3.63, 3.8) is 0 Å². The maximum atomic E-state index is 12.7. The van der Waals surface area contributed by atoms with Crippen LogP contribution in [0.5, 0.6) is 0 Å². The molecule has 5 nitrogen and oxygen atoms in total. The Kier molecular flexibility index (Phi) is 7.19. The Morgan fingerprint density at radius 1 is 0.778 bits per heavy atom. The van der Waals surface area contributed by atoms with Crippen molar-refractivity contribution in [3.05, 3.63) is 29.8 Å². The fraction of sp³-hybridized carbons (Fsp3) is 0.571. The van der Waals surface area contributed by atoms with Crippen LogP contribution in [0, 0.1) is 0 Å². The van der Waals surface area contributed by atoms with E-state index in [1.807, 2.05) is 6.92 Å². The lowest BCUT2D eigenvalue weighted by Gasteiger charge is -2.25. The van der Waals surface area contributed by atoms with Crippen molar-refractivity contribution in [2.24, 2.45) is 0 Å². The number of unbranched alkanes of at least 4 members (excludes halogenated alkanes) is 3. The Morgan fingerprint density at radius 2 is 1.22 bits per heavy atom. The van der Waals surface area contributed by atoms with Gasteiger partial charge in [0, 0.05) is 0 Å². The molecule has 0 bridgehead atoms. The Bertz CT molecular complexity index is 786. The summed E-state index contributed by atoms with van der Waals surface area (Å²) in [7, 11) is -13.7. The maximum Gasteiger partial charge on any atom is 0.517 e. The zero-order valence-electron chi connectivity index (χ0n) is 14.0. The van der Waals surface area contributed by atoms with Crippen LogP contribution in [-0.4, -0.2) is 27.9 Å². The van der Waals surface area contributed by atoms with Crippen LogP contribution in [-0.2, 0) is 26.5 Å². The van der Waals surface area contributed by atoms with Crippen LogP contribution in [0.2, 0.25) is 0 Å². The minimum absolute atomic E-state index is 0.457. The summed E-state index contributed by atoms with van der Waals surface area (Å²) < 4.78 is 121. The molecule has 0 spiro atoms. The van der Waals surface area contributed by atoms with Crippen LogP contribution in [0.15, 0.2) is 24.3 Å². The minimum atomic E-state index is -6.84. The summed E-state index contributed by atoms with van der Waals surface area (Å²) in [4.78, 5) is 0. The molecule has 1 aromatic rings. The van der Waals surface area contributed by atoms with E-state index in [-0.39, 0.29) is 0 Å². The number of sulfonamides is 2. The van der Waals surface area contributed by atoms with Gasteiger partial charge in [-0.2, -0.15) is 43.2 Å². The van der Waals surface area contributed by atoms with E-state index in [1.54, 1.807) is 0 Å². The summed E-state index contributed by atoms with van der Waals surface area (Å²) in [6, 6.07) is 3.38. The topological polar surface area (TPSA) is 71.5 Å². The molecule has 156 valence electrons. The first kappa shape index (κ1) is 23.5. The molecular weight excluding hydrogens is 424 g/mol. The number of alkyl halides is 6. The van der Waals surface area contributed by atoms with Gasteiger partial charge in [0.05, 0.1) is 5.69 Å². The highest BCUT2D eigenvalue weighted by Crippen LogP contribution is 2.38. The lowest BCUT2D eigenvalue weighted by atomic mass is 10.1. The van der Waals surface area contributed by atoms with Crippen molar-refractivity contribution in [2.75, 3.05) is 3.71 Å². The number of hydrogen-bond donors (Lipinski definition) is 0. The number of hydrogen-bond acceptors (Lipinski definition) is 4. The lowest BCUT2D eigenvalue weighted by Crippen LogP contribution is -2.49. The predicted octanol–water partition coefficient (Wildman–Crippen LogP) is 4.32. The van der Waals surface area contributed by atoms with E-state index in [1.165, 1.54) is 0 Å². The van der Waals surface area contributed by atoms with Gasteiger partial charge >= 0.3 is 31.1 Å². The van der Waals surface area contributed by atoms with Crippen molar-refractivity contribution < 1.29 is 43.2 Å². The Morgan fingerprint density at radius 3 is 1.59 bits per heavy atom. The number of nitrogens with zero attached hydrogens (tertiary/aromatic N) is 1. The second kappa shape index (κ2) is 8.25. The van der Waals surface area contributed by atoms with Gasteiger partial charge in [0.25, 0.3) is 0 Å². The van der Waals surface area contributed by atoms with Gasteiger partial charge in [-0.15, -0.1) is 3.71 Å². The quantitative estimate of drug-likeness (QED) is 0.445. The van der Waals surface area contributed by atoms with E-state index in [0.29, 0.717) is 30.5 Å². The van der Waals surface area contributed by atoms with Crippen LogP contribution in [0.4, 0.5) is 32.0 Å². The molecule has 0 saturated carbocycles. The van der Waals surface area contributed by atoms with Gasteiger partial charge in [0.1, 0.15) is 0 Å². The molecule has 0 N–H and O–H groups in total. The molecular formula is C14H17F6NO4S2. The zero-order valence-corrected chi connectivity index (χ0v) is 15.6. The summed E-state index contributed by atoms with van der Waals surface area (Å²) in [6.07, 6.45) is 3.92. The van der Waals surface area contributed by atoms with Crippen LogP contribution in [0.1, 0.15) is 38.2 Å². The van der Waals surface area contributed by atoms with Crippen LogP contribution in [0.25, 0.3) is 0 Å². The lowest BCUT2D eigenvalue weighted by molar-refractivity contribution is -0.0462. The van der Waals surface area contributed by atoms with E-state index in [2.05, 4.69) is 0 Å². The third-order valence-electron chi connectivity index (χ3n) is 3.49. The molecule has 0 aliphatic carbocycles. The van der Waals surface area contributed by atoms with Gasteiger partial charge in [0.2, 0.25) is 0 Å². The molecule has 0 amide bonds. The second-order valence-corrected chi connectivity index (χ2v) is 9.36. The summed E-state index contributed by atoms with van der Waals surface area (Å²) in [5.41, 5.74) is -13.3. The Hall–Kier alpha value is -1.50. The van der Waals surface area contributed by atoms with Crippen molar-refractivity contribution in [2.45, 2.75) is 50.0 Å². The molecule has 0 heterocycles. The van der Waals surface area contributed by atoms with Crippen molar-refractivity contribution >= 4 is 25.7 Å². The van der Waals surface area contributed by atoms with Crippen LogP contribution >= 0.6 is 0 Å². The highest BCUT2D eigenvalue weighted by atomic mass is 32.3. The van der Waals surface area contributed by atoms with Gasteiger partial charge in [-0.3, -0.25) is 0 Å². The molecule has 13 heteroatoms. The van der Waals surface area contributed by atoms with E-state index in [9.17, 15) is 43.2 Å². The highest BCUT2D eigenvalue weighted by Gasteiger charge is 2.61. The maximum absolute atomic E-state index is 12.7. The second-order valence-electron chi connectivity index (χ2n) is 5.58. The average molecular weight is 441 g/mol. The molecule has 0 aliphatic rings. The third kappa shape index (κ3) is 5.27. The first-order valence-corrected chi connectivity index (χ1v) is 10.6. The summed E-state index contributed by atoms with van der Waals surface area (Å²) >= 11 is 0. The molecule has 0 atom stereocenters. The first-order valence-electron chi connectivity index (χ1n) is 7.68. The number of aryl methyl sites for hydroxylation is 1. The standard InChI is InChI=1S/C14H17F6NO4S2/c1-2-3-4-5-6-11-7-9-12(10-8-11)21(26(22,23)13(15,16)17)27(24,25)14(18,19)20/h7-10H,2-6H2,1H3. The van der Waals surface area contributed by atoms with Gasteiger partial charge in [0.15, 0.2) is 0 Å². The van der Waals surface area contributed by atoms with Crippen LogP contribution in [0.3, 0.4) is 0 Å². The molecule has 27 heavy (non-hydrogen) atoms. The summed E-state index contributed by atoms with van der Waals surface area (Å²) in [5.74, 6) is 0. The molecule has 1 aromatic carbocycles. The van der Waals surface area contributed by atoms with E-state index in [4.69, 9.17) is 0 Å². The van der Waals surface area contributed by atoms with Gasteiger partial charge in [-0.05, 0) is 30.5 Å². The third-order valence-corrected chi connectivity index (χ3v) is 7.13. The van der Waals surface area contributed by atoms with E-state index in [0.717, 1.165) is 31.4 Å². The largest absolute Gasteiger partial charge is 0.517 e. The normalized spacial score (nSPS) is 13.6. The molecule has 0 fully saturated rings. The number of rotatable bonds is 8. The van der Waals surface area contributed by atoms with Crippen LogP contribution < -0.4 is 3.71 Å². The van der Waals surface area contributed by atoms with Gasteiger partial charge in [-0.25, -0.2) is 0 Å². The number of halogens is 6. The molecule has 0 radical (unpaired) electrons. The Balaban J connectivity index is 3.34. The SMILES string of the molecule is CCCCCCc1ccc(N(S(=O)(=O)C(F)(F)F)S(=O)(=O)C(F)(F)F)cc1. The predicted molar refractivity (Wildman–Crippen MR) is 86.7 cm³/mol. The molecule has 0 aromatic heterocycles. The first-order chi connectivity index (χ1) is 12.2. The van der Waals surface area contributed by atoms with E-state index < -0.39 is 40.5 Å². The fourth-order valence-corrected chi connectivity index (χ4v) is 4.85. The molecule has 0 aliphatic heterocycles. The molecule has 1 rings (SSSR count). The monoisotopic (exact) mass is 441 g/mol. The van der Waals surface area contributed by atoms with Crippen molar-refractivity contribution in [3.8, 4) is 0 Å². The highest BCUT2D eigenvalue weighted by molar-refractivity contribution is 8.11. The number of anilines is 1. The average Bonchev–Trinajstić information content (AvgIpc) is 2.50. The van der Waals surface area contributed by atoms with Gasteiger partial charge in [-0.1, -0.05) is 38.3 Å². The van der Waals surface area contributed by atoms with Crippen molar-refractivity contribution in [1.29, 1.82) is 0 Å².